The summed E-state index contributed by atoms with van der Waals surface area (Å²) in [6.45, 7) is 0.497. The lowest BCUT2D eigenvalue weighted by molar-refractivity contribution is -0.142. The van der Waals surface area contributed by atoms with Gasteiger partial charge in [-0.2, -0.15) is 0 Å². The number of carbonyl (C=O) groups is 2. The van der Waals surface area contributed by atoms with Crippen molar-refractivity contribution in [2.75, 3.05) is 32.2 Å². The first-order valence-corrected chi connectivity index (χ1v) is 8.46. The first-order chi connectivity index (χ1) is 13.5. The number of phenolic OH excluding ortho intramolecular Hbond substituents is 1. The van der Waals surface area contributed by atoms with Crippen LogP contribution in [0.15, 0.2) is 42.5 Å². The lowest BCUT2D eigenvalue weighted by Crippen LogP contribution is -2.20. The molecule has 1 heterocycles. The first-order valence-electron chi connectivity index (χ1n) is 8.46. The Balaban J connectivity index is 1.49. The predicted molar refractivity (Wildman–Crippen MR) is 101 cm³/mol. The number of anilines is 1. The molecule has 8 heteroatoms. The Morgan fingerprint density at radius 3 is 2.71 bits per heavy atom. The largest absolute Gasteiger partial charge is 0.504 e. The Bertz CT molecular complexity index is 907. The minimum Gasteiger partial charge on any atom is -0.504 e. The summed E-state index contributed by atoms with van der Waals surface area (Å²) in [7, 11) is 1.43. The number of carbonyl (C=O) groups excluding carboxylic acids is 2. The number of methoxy groups -OCH3 is 1. The van der Waals surface area contributed by atoms with Crippen LogP contribution in [0.2, 0.25) is 0 Å². The van der Waals surface area contributed by atoms with Gasteiger partial charge in [-0.1, -0.05) is 6.07 Å². The lowest BCUT2D eigenvalue weighted by atomic mass is 10.2. The fourth-order valence-corrected chi connectivity index (χ4v) is 2.47. The highest BCUT2D eigenvalue weighted by Crippen LogP contribution is 2.32. The number of fused-ring (bicyclic) bond motifs is 1. The molecule has 0 unspecified atom stereocenters. The Morgan fingerprint density at radius 1 is 1.14 bits per heavy atom. The fourth-order valence-electron chi connectivity index (χ4n) is 2.47. The molecule has 8 nitrogen and oxygen atoms in total. The number of phenols is 1. The van der Waals surface area contributed by atoms with Gasteiger partial charge in [0, 0.05) is 17.8 Å². The van der Waals surface area contributed by atoms with Gasteiger partial charge in [0.2, 0.25) is 0 Å². The quantitative estimate of drug-likeness (QED) is 0.581. The van der Waals surface area contributed by atoms with E-state index in [1.165, 1.54) is 25.3 Å². The number of rotatable bonds is 6. The smallest absolute Gasteiger partial charge is 0.331 e. The summed E-state index contributed by atoms with van der Waals surface area (Å²) in [5.74, 6) is 0.293. The number of nitrogens with one attached hydrogen (secondary N) is 1. The van der Waals surface area contributed by atoms with Gasteiger partial charge in [-0.15, -0.1) is 0 Å². The van der Waals surface area contributed by atoms with Crippen molar-refractivity contribution in [1.29, 1.82) is 0 Å². The zero-order valence-corrected chi connectivity index (χ0v) is 15.1. The fraction of sp³-hybridized carbons (Fsp3) is 0.200. The summed E-state index contributed by atoms with van der Waals surface area (Å²) >= 11 is 0. The lowest BCUT2D eigenvalue weighted by Gasteiger charge is -2.18. The van der Waals surface area contributed by atoms with Crippen molar-refractivity contribution in [1.82, 2.24) is 0 Å². The van der Waals surface area contributed by atoms with E-state index in [0.717, 1.165) is 0 Å². The number of benzene rings is 2. The monoisotopic (exact) mass is 385 g/mol. The van der Waals surface area contributed by atoms with E-state index in [-0.39, 0.29) is 11.5 Å². The Kier molecular flexibility index (Phi) is 6.01. The van der Waals surface area contributed by atoms with Gasteiger partial charge in [0.25, 0.3) is 5.91 Å². The number of hydrogen-bond donors (Lipinski definition) is 2. The van der Waals surface area contributed by atoms with Crippen LogP contribution in [-0.4, -0.2) is 43.9 Å². The number of amides is 1. The van der Waals surface area contributed by atoms with E-state index in [9.17, 15) is 14.7 Å². The van der Waals surface area contributed by atoms with E-state index in [1.54, 1.807) is 30.3 Å². The minimum atomic E-state index is -0.677. The number of ether oxygens (including phenoxy) is 4. The van der Waals surface area contributed by atoms with Crippen LogP contribution >= 0.6 is 0 Å². The van der Waals surface area contributed by atoms with E-state index in [1.807, 2.05) is 0 Å². The maximum Gasteiger partial charge on any atom is 0.331 e. The van der Waals surface area contributed by atoms with Crippen LogP contribution in [-0.2, 0) is 14.3 Å². The molecule has 0 bridgehead atoms. The average molecular weight is 385 g/mol. The molecule has 2 aromatic carbocycles. The van der Waals surface area contributed by atoms with Gasteiger partial charge in [-0.05, 0) is 35.9 Å². The van der Waals surface area contributed by atoms with Crippen LogP contribution in [0.4, 0.5) is 5.69 Å². The van der Waals surface area contributed by atoms with Gasteiger partial charge in [0.05, 0.1) is 7.11 Å². The second-order valence-corrected chi connectivity index (χ2v) is 5.78. The molecule has 1 aliphatic rings. The van der Waals surface area contributed by atoms with Crippen LogP contribution in [0.1, 0.15) is 5.56 Å². The van der Waals surface area contributed by atoms with Crippen LogP contribution in [0.3, 0.4) is 0 Å². The molecule has 1 amide bonds. The van der Waals surface area contributed by atoms with Crippen LogP contribution in [0.5, 0.6) is 23.0 Å². The van der Waals surface area contributed by atoms with E-state index in [4.69, 9.17) is 18.9 Å². The van der Waals surface area contributed by atoms with Crippen molar-refractivity contribution in [2.45, 2.75) is 0 Å². The molecule has 28 heavy (non-hydrogen) atoms. The van der Waals surface area contributed by atoms with Gasteiger partial charge in [0.1, 0.15) is 13.2 Å². The SMILES string of the molecule is COc1cc(/C=C/C(=O)OCC(=O)Nc2ccc3c(c2)OCCO3)ccc1O. The molecule has 0 atom stereocenters. The van der Waals surface area contributed by atoms with Crippen molar-refractivity contribution in [3.8, 4) is 23.0 Å². The van der Waals surface area contributed by atoms with Gasteiger partial charge in [-0.25, -0.2) is 4.79 Å². The molecule has 0 saturated heterocycles. The van der Waals surface area contributed by atoms with Crippen molar-refractivity contribution in [3.05, 3.63) is 48.0 Å². The van der Waals surface area contributed by atoms with Crippen molar-refractivity contribution in [2.24, 2.45) is 0 Å². The normalized spacial score (nSPS) is 12.5. The predicted octanol–water partition coefficient (Wildman–Crippen LogP) is 2.37. The molecule has 3 rings (SSSR count). The van der Waals surface area contributed by atoms with Gasteiger partial charge >= 0.3 is 5.97 Å². The molecule has 0 aliphatic carbocycles. The third-order valence-corrected chi connectivity index (χ3v) is 3.79. The Labute approximate surface area is 161 Å². The zero-order valence-electron chi connectivity index (χ0n) is 15.1. The molecule has 2 N–H and O–H groups in total. The van der Waals surface area contributed by atoms with Crippen molar-refractivity contribution in [3.63, 3.8) is 0 Å². The molecule has 0 radical (unpaired) electrons. The standard InChI is InChI=1S/C20H19NO7/c1-25-17-10-13(2-5-15(17)22)3-7-20(24)28-12-19(23)21-14-4-6-16-18(11-14)27-9-8-26-16/h2-7,10-11,22H,8-9,12H2,1H3,(H,21,23)/b7-3+. The Morgan fingerprint density at radius 2 is 1.93 bits per heavy atom. The number of esters is 1. The van der Waals surface area contributed by atoms with Gasteiger partial charge < -0.3 is 29.4 Å². The Hall–Kier alpha value is -3.68. The number of hydrogen-bond acceptors (Lipinski definition) is 7. The van der Waals surface area contributed by atoms with E-state index in [0.29, 0.717) is 36.0 Å². The van der Waals surface area contributed by atoms with Crippen LogP contribution in [0.25, 0.3) is 6.08 Å². The molecule has 0 fully saturated rings. The highest BCUT2D eigenvalue weighted by atomic mass is 16.6. The summed E-state index contributed by atoms with van der Waals surface area (Å²) in [4.78, 5) is 23.7. The first kappa shape index (κ1) is 19.1. The highest BCUT2D eigenvalue weighted by Gasteiger charge is 2.13. The summed E-state index contributed by atoms with van der Waals surface area (Å²) in [5, 5.41) is 12.2. The zero-order chi connectivity index (χ0) is 19.9. The van der Waals surface area contributed by atoms with E-state index in [2.05, 4.69) is 5.32 Å². The van der Waals surface area contributed by atoms with Crippen molar-refractivity contribution >= 4 is 23.6 Å². The summed E-state index contributed by atoms with van der Waals surface area (Å²) < 4.78 is 20.8. The second kappa shape index (κ2) is 8.81. The maximum absolute atomic E-state index is 12.0. The second-order valence-electron chi connectivity index (χ2n) is 5.78. The summed E-state index contributed by atoms with van der Waals surface area (Å²) in [5.41, 5.74) is 1.14. The molecular formula is C20H19NO7. The molecule has 1 aliphatic heterocycles. The van der Waals surface area contributed by atoms with Crippen LogP contribution in [0, 0.1) is 0 Å². The molecule has 146 valence electrons. The summed E-state index contributed by atoms with van der Waals surface area (Å²) in [6, 6.07) is 9.64. The third kappa shape index (κ3) is 4.94. The maximum atomic E-state index is 12.0. The molecule has 0 spiro atoms. The van der Waals surface area contributed by atoms with Gasteiger partial charge in [0.15, 0.2) is 29.6 Å². The van der Waals surface area contributed by atoms with Crippen molar-refractivity contribution < 1.29 is 33.6 Å². The van der Waals surface area contributed by atoms with Crippen LogP contribution < -0.4 is 19.5 Å². The molecule has 0 saturated carbocycles. The minimum absolute atomic E-state index is 0.00182. The molecule has 0 aromatic heterocycles. The summed E-state index contributed by atoms with van der Waals surface area (Å²) in [6.07, 6.45) is 2.67. The van der Waals surface area contributed by atoms with Gasteiger partial charge in [-0.3, -0.25) is 4.79 Å². The molecular weight excluding hydrogens is 366 g/mol. The van der Waals surface area contributed by atoms with E-state index >= 15 is 0 Å². The average Bonchev–Trinajstić information content (AvgIpc) is 2.71. The highest BCUT2D eigenvalue weighted by molar-refractivity contribution is 5.94. The topological polar surface area (TPSA) is 103 Å². The number of aromatic hydroxyl groups is 1. The van der Waals surface area contributed by atoms with E-state index < -0.39 is 18.5 Å². The third-order valence-electron chi connectivity index (χ3n) is 3.79. The molecule has 2 aromatic rings.